The summed E-state index contributed by atoms with van der Waals surface area (Å²) in [6, 6.07) is 3.85. The molecule has 0 amide bonds. The van der Waals surface area contributed by atoms with Crippen LogP contribution in [0.1, 0.15) is 38.4 Å². The number of carboxylic acids is 1. The lowest BCUT2D eigenvalue weighted by Gasteiger charge is -2.38. The van der Waals surface area contributed by atoms with Crippen molar-refractivity contribution in [2.24, 2.45) is 5.41 Å². The molecule has 1 N–H and O–H groups in total. The minimum absolute atomic E-state index is 0.492. The monoisotopic (exact) mass is 251 g/mol. The lowest BCUT2D eigenvalue weighted by molar-refractivity contribution is -0.152. The first-order valence-electron chi connectivity index (χ1n) is 6.64. The second-order valence-corrected chi connectivity index (χ2v) is 5.19. The van der Waals surface area contributed by atoms with Crippen LogP contribution >= 0.6 is 0 Å². The molecule has 0 atom stereocenters. The number of likely N-dealkylation sites (tertiary alicyclic amines) is 1. The highest BCUT2D eigenvalue weighted by atomic mass is 16.4. The highest BCUT2D eigenvalue weighted by molar-refractivity contribution is 5.74. The molecule has 100 valence electrons. The van der Waals surface area contributed by atoms with Crippen LogP contribution in [-0.2, 0) is 11.3 Å². The molecule has 1 fully saturated rings. The van der Waals surface area contributed by atoms with Crippen LogP contribution in [0.5, 0.6) is 0 Å². The zero-order valence-corrected chi connectivity index (χ0v) is 10.9. The quantitative estimate of drug-likeness (QED) is 0.874. The smallest absolute Gasteiger partial charge is 0.309 e. The highest BCUT2D eigenvalue weighted by Crippen LogP contribution is 2.36. The maximum Gasteiger partial charge on any atom is 0.309 e. The molecule has 1 saturated heterocycles. The summed E-state index contributed by atoms with van der Waals surface area (Å²) < 4.78 is 5.33. The van der Waals surface area contributed by atoms with Crippen LogP contribution in [0.2, 0.25) is 0 Å². The summed E-state index contributed by atoms with van der Waals surface area (Å²) in [5.41, 5.74) is -0.492. The van der Waals surface area contributed by atoms with E-state index in [1.54, 1.807) is 6.26 Å². The van der Waals surface area contributed by atoms with Gasteiger partial charge in [0.1, 0.15) is 5.76 Å². The molecule has 1 aromatic heterocycles. The van der Waals surface area contributed by atoms with Crippen molar-refractivity contribution in [3.63, 3.8) is 0 Å². The Hall–Kier alpha value is -1.29. The molecule has 0 bridgehead atoms. The molecule has 0 radical (unpaired) electrons. The summed E-state index contributed by atoms with van der Waals surface area (Å²) in [7, 11) is 0. The SMILES string of the molecule is CCCC1(C(=O)O)CCN(Cc2ccco2)CC1. The number of furan rings is 1. The van der Waals surface area contributed by atoms with Crippen molar-refractivity contribution in [3.8, 4) is 0 Å². The average Bonchev–Trinajstić information content (AvgIpc) is 2.85. The lowest BCUT2D eigenvalue weighted by atomic mass is 9.75. The zero-order valence-electron chi connectivity index (χ0n) is 10.9. The van der Waals surface area contributed by atoms with Crippen LogP contribution in [0.3, 0.4) is 0 Å². The highest BCUT2D eigenvalue weighted by Gasteiger charge is 2.40. The molecular formula is C14H21NO3. The number of carbonyl (C=O) groups is 1. The van der Waals surface area contributed by atoms with Crippen LogP contribution in [0.4, 0.5) is 0 Å². The van der Waals surface area contributed by atoms with Gasteiger partial charge >= 0.3 is 5.97 Å². The average molecular weight is 251 g/mol. The number of piperidine rings is 1. The second-order valence-electron chi connectivity index (χ2n) is 5.19. The van der Waals surface area contributed by atoms with Gasteiger partial charge < -0.3 is 9.52 Å². The minimum Gasteiger partial charge on any atom is -0.481 e. The topological polar surface area (TPSA) is 53.7 Å². The summed E-state index contributed by atoms with van der Waals surface area (Å²) >= 11 is 0. The van der Waals surface area contributed by atoms with Crippen LogP contribution in [0.15, 0.2) is 22.8 Å². The molecule has 18 heavy (non-hydrogen) atoms. The Morgan fingerprint density at radius 2 is 2.22 bits per heavy atom. The minimum atomic E-state index is -0.623. The molecular weight excluding hydrogens is 230 g/mol. The Morgan fingerprint density at radius 1 is 1.50 bits per heavy atom. The van der Waals surface area contributed by atoms with Crippen LogP contribution < -0.4 is 0 Å². The Balaban J connectivity index is 1.91. The molecule has 1 aliphatic rings. The van der Waals surface area contributed by atoms with Gasteiger partial charge in [-0.05, 0) is 44.5 Å². The number of nitrogens with zero attached hydrogens (tertiary/aromatic N) is 1. The molecule has 1 aromatic rings. The molecule has 0 aliphatic carbocycles. The van der Waals surface area contributed by atoms with E-state index >= 15 is 0 Å². The largest absolute Gasteiger partial charge is 0.481 e. The fourth-order valence-corrected chi connectivity index (χ4v) is 2.81. The Morgan fingerprint density at radius 3 is 2.72 bits per heavy atom. The van der Waals surface area contributed by atoms with Crippen molar-refractivity contribution < 1.29 is 14.3 Å². The standard InChI is InChI=1S/C14H21NO3/c1-2-5-14(13(16)17)6-8-15(9-7-14)11-12-4-3-10-18-12/h3-4,10H,2,5-9,11H2,1H3,(H,16,17). The van der Waals surface area contributed by atoms with Gasteiger partial charge in [0.15, 0.2) is 0 Å². The number of aliphatic carboxylic acids is 1. The number of hydrogen-bond acceptors (Lipinski definition) is 3. The predicted molar refractivity (Wildman–Crippen MR) is 68.2 cm³/mol. The molecule has 2 heterocycles. The molecule has 4 nitrogen and oxygen atoms in total. The van der Waals surface area contributed by atoms with Crippen molar-refractivity contribution in [1.29, 1.82) is 0 Å². The first kappa shape index (κ1) is 13.1. The molecule has 0 unspecified atom stereocenters. The van der Waals surface area contributed by atoms with Gasteiger partial charge in [-0.1, -0.05) is 13.3 Å². The second kappa shape index (κ2) is 5.57. The van der Waals surface area contributed by atoms with Gasteiger partial charge in [-0.25, -0.2) is 0 Å². The molecule has 0 saturated carbocycles. The van der Waals surface area contributed by atoms with E-state index < -0.39 is 11.4 Å². The van der Waals surface area contributed by atoms with Gasteiger partial charge in [0.2, 0.25) is 0 Å². The van der Waals surface area contributed by atoms with E-state index in [4.69, 9.17) is 4.42 Å². The van der Waals surface area contributed by atoms with Crippen LogP contribution in [-0.4, -0.2) is 29.1 Å². The van der Waals surface area contributed by atoms with Crippen molar-refractivity contribution >= 4 is 5.97 Å². The van der Waals surface area contributed by atoms with E-state index in [-0.39, 0.29) is 0 Å². The first-order valence-corrected chi connectivity index (χ1v) is 6.64. The number of rotatable bonds is 5. The summed E-state index contributed by atoms with van der Waals surface area (Å²) in [6.07, 6.45) is 4.90. The van der Waals surface area contributed by atoms with Gasteiger partial charge in [0.05, 0.1) is 18.2 Å². The van der Waals surface area contributed by atoms with Gasteiger partial charge in [-0.15, -0.1) is 0 Å². The van der Waals surface area contributed by atoms with Gasteiger partial charge in [0.25, 0.3) is 0 Å². The molecule has 0 spiro atoms. The van der Waals surface area contributed by atoms with Crippen molar-refractivity contribution in [3.05, 3.63) is 24.2 Å². The molecule has 2 rings (SSSR count). The number of hydrogen-bond donors (Lipinski definition) is 1. The fourth-order valence-electron chi connectivity index (χ4n) is 2.81. The van der Waals surface area contributed by atoms with E-state index in [0.717, 1.165) is 51.1 Å². The lowest BCUT2D eigenvalue weighted by Crippen LogP contribution is -2.44. The van der Waals surface area contributed by atoms with Crippen LogP contribution in [0, 0.1) is 5.41 Å². The van der Waals surface area contributed by atoms with Gasteiger partial charge in [0, 0.05) is 0 Å². The van der Waals surface area contributed by atoms with E-state index in [1.165, 1.54) is 0 Å². The van der Waals surface area contributed by atoms with Crippen molar-refractivity contribution in [2.45, 2.75) is 39.2 Å². The molecule has 0 aromatic carbocycles. The first-order chi connectivity index (χ1) is 8.66. The number of carboxylic acid groups (broad SMARTS) is 1. The predicted octanol–water partition coefficient (Wildman–Crippen LogP) is 2.75. The zero-order chi connectivity index (χ0) is 13.0. The summed E-state index contributed by atoms with van der Waals surface area (Å²) in [5.74, 6) is 0.329. The van der Waals surface area contributed by atoms with Gasteiger partial charge in [-0.2, -0.15) is 0 Å². The Kier molecular flexibility index (Phi) is 4.07. The van der Waals surface area contributed by atoms with Crippen molar-refractivity contribution in [2.75, 3.05) is 13.1 Å². The summed E-state index contributed by atoms with van der Waals surface area (Å²) in [5, 5.41) is 9.43. The maximum atomic E-state index is 11.5. The van der Waals surface area contributed by atoms with Crippen LogP contribution in [0.25, 0.3) is 0 Å². The van der Waals surface area contributed by atoms with Crippen molar-refractivity contribution in [1.82, 2.24) is 4.90 Å². The summed E-state index contributed by atoms with van der Waals surface area (Å²) in [6.45, 7) is 4.52. The fraction of sp³-hybridized carbons (Fsp3) is 0.643. The third kappa shape index (κ3) is 2.75. The third-order valence-electron chi connectivity index (χ3n) is 3.95. The normalized spacial score (nSPS) is 19.8. The molecule has 4 heteroatoms. The van der Waals surface area contributed by atoms with E-state index in [0.29, 0.717) is 0 Å². The third-order valence-corrected chi connectivity index (χ3v) is 3.95. The van der Waals surface area contributed by atoms with E-state index in [2.05, 4.69) is 11.8 Å². The molecule has 1 aliphatic heterocycles. The van der Waals surface area contributed by atoms with E-state index in [1.807, 2.05) is 12.1 Å². The van der Waals surface area contributed by atoms with E-state index in [9.17, 15) is 9.90 Å². The summed E-state index contributed by atoms with van der Waals surface area (Å²) in [4.78, 5) is 13.7. The maximum absolute atomic E-state index is 11.5. The Labute approximate surface area is 108 Å². The Bertz CT molecular complexity index is 378. The van der Waals surface area contributed by atoms with Gasteiger partial charge in [-0.3, -0.25) is 9.69 Å².